The second-order valence-corrected chi connectivity index (χ2v) is 5.79. The Hall–Kier alpha value is -1.62. The Kier molecular flexibility index (Phi) is 5.56. The van der Waals surface area contributed by atoms with E-state index in [0.29, 0.717) is 12.1 Å². The zero-order chi connectivity index (χ0) is 15.2. The topological polar surface area (TPSA) is 61.8 Å². The van der Waals surface area contributed by atoms with Crippen molar-refractivity contribution < 1.29 is 9.60 Å². The molecule has 1 saturated heterocycles. The Morgan fingerprint density at radius 3 is 2.76 bits per heavy atom. The van der Waals surface area contributed by atoms with Crippen molar-refractivity contribution in [3.05, 3.63) is 35.1 Å². The largest absolute Gasteiger partial charge is 0.409 e. The Labute approximate surface area is 125 Å². The summed E-state index contributed by atoms with van der Waals surface area (Å²) in [5, 5.41) is 11.8. The molecule has 21 heavy (non-hydrogen) atoms. The molecule has 0 saturated carbocycles. The Bertz CT molecular complexity index is 496. The first-order valence-corrected chi connectivity index (χ1v) is 7.62. The molecule has 1 aliphatic rings. The summed E-state index contributed by atoms with van der Waals surface area (Å²) in [6.45, 7) is 5.05. The first kappa shape index (κ1) is 15.8. The van der Waals surface area contributed by atoms with Crippen molar-refractivity contribution in [2.24, 2.45) is 16.8 Å². The normalized spacial score (nSPS) is 18.1. The van der Waals surface area contributed by atoms with Crippen molar-refractivity contribution in [2.75, 3.05) is 13.1 Å². The van der Waals surface area contributed by atoms with Gasteiger partial charge in [0.05, 0.1) is 0 Å². The van der Waals surface area contributed by atoms with Gasteiger partial charge in [-0.3, -0.25) is 4.90 Å². The monoisotopic (exact) mass is 293 g/mol. The Morgan fingerprint density at radius 1 is 1.43 bits per heavy atom. The summed E-state index contributed by atoms with van der Waals surface area (Å²) in [4.78, 5) is 2.35. The van der Waals surface area contributed by atoms with Gasteiger partial charge in [-0.1, -0.05) is 31.0 Å². The number of benzene rings is 1. The van der Waals surface area contributed by atoms with E-state index in [-0.39, 0.29) is 11.7 Å². The average molecular weight is 293 g/mol. The van der Waals surface area contributed by atoms with Gasteiger partial charge in [-0.05, 0) is 49.5 Å². The maximum atomic E-state index is 13.4. The predicted molar refractivity (Wildman–Crippen MR) is 81.8 cm³/mol. The molecule has 0 amide bonds. The number of amidine groups is 1. The summed E-state index contributed by atoms with van der Waals surface area (Å²) in [6, 6.07) is 4.47. The van der Waals surface area contributed by atoms with Gasteiger partial charge in [0.1, 0.15) is 5.82 Å². The SMILES string of the molecule is CCCC1CCN(Cc2ccc(F)cc2C(N)=NO)CC1. The van der Waals surface area contributed by atoms with Crippen LogP contribution in [0.4, 0.5) is 4.39 Å². The lowest BCUT2D eigenvalue weighted by Crippen LogP contribution is -2.34. The van der Waals surface area contributed by atoms with E-state index in [0.717, 1.165) is 24.6 Å². The van der Waals surface area contributed by atoms with Gasteiger partial charge in [0, 0.05) is 12.1 Å². The van der Waals surface area contributed by atoms with E-state index in [1.165, 1.54) is 37.8 Å². The zero-order valence-corrected chi connectivity index (χ0v) is 12.6. The van der Waals surface area contributed by atoms with Crippen LogP contribution in [-0.4, -0.2) is 29.0 Å². The molecule has 1 aliphatic heterocycles. The minimum Gasteiger partial charge on any atom is -0.409 e. The van der Waals surface area contributed by atoms with Crippen molar-refractivity contribution in [3.63, 3.8) is 0 Å². The molecule has 2 rings (SSSR count). The van der Waals surface area contributed by atoms with Gasteiger partial charge in [-0.15, -0.1) is 0 Å². The fourth-order valence-corrected chi connectivity index (χ4v) is 3.06. The first-order valence-electron chi connectivity index (χ1n) is 7.62. The van der Waals surface area contributed by atoms with Gasteiger partial charge in [0.25, 0.3) is 0 Å². The fourth-order valence-electron chi connectivity index (χ4n) is 3.06. The molecule has 0 aliphatic carbocycles. The van der Waals surface area contributed by atoms with Crippen LogP contribution in [0.3, 0.4) is 0 Å². The van der Waals surface area contributed by atoms with Gasteiger partial charge >= 0.3 is 0 Å². The van der Waals surface area contributed by atoms with Crippen LogP contribution in [0, 0.1) is 11.7 Å². The smallest absolute Gasteiger partial charge is 0.170 e. The molecule has 5 heteroatoms. The first-order chi connectivity index (χ1) is 10.1. The summed E-state index contributed by atoms with van der Waals surface area (Å²) in [7, 11) is 0. The van der Waals surface area contributed by atoms with Gasteiger partial charge < -0.3 is 10.9 Å². The number of nitrogens with two attached hydrogens (primary N) is 1. The highest BCUT2D eigenvalue weighted by Gasteiger charge is 2.20. The minimum atomic E-state index is -0.373. The maximum absolute atomic E-state index is 13.4. The van der Waals surface area contributed by atoms with E-state index < -0.39 is 0 Å². The third-order valence-electron chi connectivity index (χ3n) is 4.25. The van der Waals surface area contributed by atoms with Crippen LogP contribution < -0.4 is 5.73 Å². The van der Waals surface area contributed by atoms with Crippen LogP contribution >= 0.6 is 0 Å². The van der Waals surface area contributed by atoms with E-state index in [2.05, 4.69) is 17.0 Å². The van der Waals surface area contributed by atoms with E-state index >= 15 is 0 Å². The number of hydrogen-bond donors (Lipinski definition) is 2. The minimum absolute atomic E-state index is 0.0367. The predicted octanol–water partition coefficient (Wildman–Crippen LogP) is 2.93. The van der Waals surface area contributed by atoms with Crippen molar-refractivity contribution in [3.8, 4) is 0 Å². The van der Waals surface area contributed by atoms with Crippen molar-refractivity contribution >= 4 is 5.84 Å². The summed E-state index contributed by atoms with van der Waals surface area (Å²) in [5.41, 5.74) is 7.03. The van der Waals surface area contributed by atoms with E-state index in [4.69, 9.17) is 10.9 Å². The van der Waals surface area contributed by atoms with Gasteiger partial charge in [0.15, 0.2) is 5.84 Å². The van der Waals surface area contributed by atoms with Gasteiger partial charge in [-0.25, -0.2) is 4.39 Å². The highest BCUT2D eigenvalue weighted by atomic mass is 19.1. The van der Waals surface area contributed by atoms with Crippen LogP contribution in [0.2, 0.25) is 0 Å². The molecule has 1 heterocycles. The highest BCUT2D eigenvalue weighted by Crippen LogP contribution is 2.23. The molecule has 1 aromatic rings. The summed E-state index contributed by atoms with van der Waals surface area (Å²) < 4.78 is 13.4. The summed E-state index contributed by atoms with van der Waals surface area (Å²) >= 11 is 0. The summed E-state index contributed by atoms with van der Waals surface area (Å²) in [5.74, 6) is 0.426. The molecule has 1 aromatic carbocycles. The second-order valence-electron chi connectivity index (χ2n) is 5.79. The summed E-state index contributed by atoms with van der Waals surface area (Å²) in [6.07, 6.45) is 4.98. The molecule has 1 fully saturated rings. The number of oxime groups is 1. The van der Waals surface area contributed by atoms with E-state index in [9.17, 15) is 4.39 Å². The molecule has 0 atom stereocenters. The quantitative estimate of drug-likeness (QED) is 0.380. The van der Waals surface area contributed by atoms with Gasteiger partial charge in [0.2, 0.25) is 0 Å². The van der Waals surface area contributed by atoms with Crippen molar-refractivity contribution in [1.82, 2.24) is 4.90 Å². The molecule has 0 bridgehead atoms. The fraction of sp³-hybridized carbons (Fsp3) is 0.562. The molecule has 3 N–H and O–H groups in total. The molecule has 0 aromatic heterocycles. The second kappa shape index (κ2) is 7.41. The van der Waals surface area contributed by atoms with Crippen LogP contribution in [0.5, 0.6) is 0 Å². The third kappa shape index (κ3) is 4.17. The molecular formula is C16H24FN3O. The van der Waals surface area contributed by atoms with Crippen LogP contribution in [0.25, 0.3) is 0 Å². The maximum Gasteiger partial charge on any atom is 0.170 e. The third-order valence-corrected chi connectivity index (χ3v) is 4.25. The molecule has 116 valence electrons. The van der Waals surface area contributed by atoms with Crippen molar-refractivity contribution in [1.29, 1.82) is 0 Å². The van der Waals surface area contributed by atoms with Crippen molar-refractivity contribution in [2.45, 2.75) is 39.2 Å². The lowest BCUT2D eigenvalue weighted by molar-refractivity contribution is 0.171. The van der Waals surface area contributed by atoms with Gasteiger partial charge in [-0.2, -0.15) is 0 Å². The highest BCUT2D eigenvalue weighted by molar-refractivity contribution is 5.98. The van der Waals surface area contributed by atoms with Crippen LogP contribution in [-0.2, 0) is 6.54 Å². The molecule has 4 nitrogen and oxygen atoms in total. The lowest BCUT2D eigenvalue weighted by atomic mass is 9.92. The van der Waals surface area contributed by atoms with Crippen LogP contribution in [0.1, 0.15) is 43.7 Å². The molecular weight excluding hydrogens is 269 g/mol. The zero-order valence-electron chi connectivity index (χ0n) is 12.6. The van der Waals surface area contributed by atoms with E-state index in [1.54, 1.807) is 6.07 Å². The lowest BCUT2D eigenvalue weighted by Gasteiger charge is -2.32. The Morgan fingerprint density at radius 2 is 2.14 bits per heavy atom. The Balaban J connectivity index is 2.04. The molecule has 0 unspecified atom stereocenters. The number of halogens is 1. The molecule has 0 spiro atoms. The number of piperidine rings is 1. The number of likely N-dealkylation sites (tertiary alicyclic amines) is 1. The number of nitrogens with zero attached hydrogens (tertiary/aromatic N) is 2. The molecule has 0 radical (unpaired) electrons. The number of rotatable bonds is 5. The average Bonchev–Trinajstić information content (AvgIpc) is 2.50. The number of hydrogen-bond acceptors (Lipinski definition) is 3. The standard InChI is InChI=1S/C16H24FN3O/c1-2-3-12-6-8-20(9-7-12)11-13-4-5-14(17)10-15(13)16(18)19-21/h4-5,10,12,21H,2-3,6-9,11H2,1H3,(H2,18,19). The van der Waals surface area contributed by atoms with E-state index in [1.807, 2.05) is 0 Å². The van der Waals surface area contributed by atoms with Crippen LogP contribution in [0.15, 0.2) is 23.4 Å².